The minimum Gasteiger partial charge on any atom is -0.493 e. The predicted molar refractivity (Wildman–Crippen MR) is 81.3 cm³/mol. The molecule has 0 heterocycles. The lowest BCUT2D eigenvalue weighted by Gasteiger charge is -2.12. The Morgan fingerprint density at radius 1 is 1.43 bits per heavy atom. The number of carboxylic acid groups (broad SMARTS) is 1. The summed E-state index contributed by atoms with van der Waals surface area (Å²) in [7, 11) is 1.49. The van der Waals surface area contributed by atoms with Gasteiger partial charge in [0.1, 0.15) is 5.70 Å². The van der Waals surface area contributed by atoms with Gasteiger partial charge in [-0.15, -0.1) is 0 Å². The van der Waals surface area contributed by atoms with Crippen LogP contribution in [0.5, 0.6) is 11.5 Å². The zero-order valence-corrected chi connectivity index (χ0v) is 13.5. The molecule has 114 valence electrons. The number of hydrogen-bond donors (Lipinski definition) is 2. The highest BCUT2D eigenvalue weighted by Crippen LogP contribution is 2.37. The number of methoxy groups -OCH3 is 1. The largest absolute Gasteiger partial charge is 0.493 e. The molecule has 0 aliphatic heterocycles. The summed E-state index contributed by atoms with van der Waals surface area (Å²) in [6, 6.07) is 3.30. The van der Waals surface area contributed by atoms with Gasteiger partial charge in [-0.2, -0.15) is 0 Å². The maximum atomic E-state index is 11.1. The summed E-state index contributed by atoms with van der Waals surface area (Å²) in [5.41, 5.74) is 0.328. The number of rotatable bonds is 6. The Balaban J connectivity index is 3.27. The van der Waals surface area contributed by atoms with E-state index in [1.54, 1.807) is 12.1 Å². The summed E-state index contributed by atoms with van der Waals surface area (Å²) >= 11 is 3.35. The number of carboxylic acids is 1. The summed E-state index contributed by atoms with van der Waals surface area (Å²) < 4.78 is 11.3. The van der Waals surface area contributed by atoms with Gasteiger partial charge < -0.3 is 19.9 Å². The molecule has 1 amide bonds. The maximum Gasteiger partial charge on any atom is 0.352 e. The highest BCUT2D eigenvalue weighted by molar-refractivity contribution is 9.10. The van der Waals surface area contributed by atoms with Crippen molar-refractivity contribution >= 4 is 33.9 Å². The fourth-order valence-electron chi connectivity index (χ4n) is 1.62. The number of halogens is 1. The first-order valence-corrected chi connectivity index (χ1v) is 6.91. The second-order valence-corrected chi connectivity index (χ2v) is 4.87. The summed E-state index contributed by atoms with van der Waals surface area (Å²) in [5.74, 6) is -0.687. The van der Waals surface area contributed by atoms with Gasteiger partial charge >= 0.3 is 5.97 Å². The maximum absolute atomic E-state index is 11.1. The molecule has 0 atom stereocenters. The van der Waals surface area contributed by atoms with Gasteiger partial charge in [-0.3, -0.25) is 4.79 Å². The number of amides is 1. The van der Waals surface area contributed by atoms with E-state index in [1.807, 2.05) is 6.92 Å². The van der Waals surface area contributed by atoms with Crippen molar-refractivity contribution < 1.29 is 24.2 Å². The average molecular weight is 358 g/mol. The van der Waals surface area contributed by atoms with Crippen molar-refractivity contribution in [3.8, 4) is 11.5 Å². The van der Waals surface area contributed by atoms with Gasteiger partial charge in [-0.05, 0) is 46.6 Å². The Kier molecular flexibility index (Phi) is 6.23. The standard InChI is InChI=1S/C14H16BrNO5/c1-4-21-13-10(15)5-9(7-12(13)20-3)6-11(14(18)19)16-8(2)17/h5-7H,4H2,1-3H3,(H,16,17)(H,18,19)/b11-6+. The fraction of sp³-hybridized carbons (Fsp3) is 0.286. The molecule has 0 aliphatic carbocycles. The number of carbonyl (C=O) groups is 2. The number of benzene rings is 1. The van der Waals surface area contributed by atoms with Gasteiger partial charge in [-0.1, -0.05) is 0 Å². The third kappa shape index (κ3) is 4.78. The van der Waals surface area contributed by atoms with Crippen LogP contribution in [0.1, 0.15) is 19.4 Å². The summed E-state index contributed by atoms with van der Waals surface area (Å²) in [6.45, 7) is 3.56. The number of hydrogen-bond acceptors (Lipinski definition) is 4. The van der Waals surface area contributed by atoms with Gasteiger partial charge in [0, 0.05) is 6.92 Å². The minimum absolute atomic E-state index is 0.222. The Morgan fingerprint density at radius 3 is 2.57 bits per heavy atom. The Bertz CT molecular complexity index is 583. The molecule has 1 aromatic carbocycles. The fourth-order valence-corrected chi connectivity index (χ4v) is 2.19. The van der Waals surface area contributed by atoms with Gasteiger partial charge in [0.2, 0.25) is 5.91 Å². The monoisotopic (exact) mass is 357 g/mol. The van der Waals surface area contributed by atoms with E-state index in [0.717, 1.165) is 0 Å². The quantitative estimate of drug-likeness (QED) is 0.763. The average Bonchev–Trinajstić information content (AvgIpc) is 2.40. The second-order valence-electron chi connectivity index (χ2n) is 4.01. The van der Waals surface area contributed by atoms with E-state index in [4.69, 9.17) is 14.6 Å². The van der Waals surface area contributed by atoms with Crippen LogP contribution in [0, 0.1) is 0 Å². The molecule has 0 aliphatic rings. The highest BCUT2D eigenvalue weighted by atomic mass is 79.9. The SMILES string of the molecule is CCOc1c(Br)cc(/C=C(/NC(C)=O)C(=O)O)cc1OC. The second kappa shape index (κ2) is 7.68. The van der Waals surface area contributed by atoms with Crippen molar-refractivity contribution in [2.75, 3.05) is 13.7 Å². The first kappa shape index (κ1) is 17.0. The van der Waals surface area contributed by atoms with Crippen LogP contribution in [0.2, 0.25) is 0 Å². The Morgan fingerprint density at radius 2 is 2.10 bits per heavy atom. The topological polar surface area (TPSA) is 84.9 Å². The van der Waals surface area contributed by atoms with E-state index in [-0.39, 0.29) is 5.70 Å². The van der Waals surface area contributed by atoms with E-state index >= 15 is 0 Å². The zero-order chi connectivity index (χ0) is 16.0. The lowest BCUT2D eigenvalue weighted by Crippen LogP contribution is -2.24. The molecule has 0 spiro atoms. The smallest absolute Gasteiger partial charge is 0.352 e. The molecule has 1 rings (SSSR count). The third-order valence-electron chi connectivity index (χ3n) is 2.39. The van der Waals surface area contributed by atoms with Crippen molar-refractivity contribution in [3.05, 3.63) is 27.9 Å². The van der Waals surface area contributed by atoms with Gasteiger partial charge in [0.25, 0.3) is 0 Å². The molecule has 0 aromatic heterocycles. The van der Waals surface area contributed by atoms with Gasteiger partial charge in [-0.25, -0.2) is 4.79 Å². The van der Waals surface area contributed by atoms with Crippen molar-refractivity contribution in [3.63, 3.8) is 0 Å². The Labute approximate surface area is 130 Å². The molecule has 0 unspecified atom stereocenters. The molecule has 6 nitrogen and oxygen atoms in total. The molecule has 1 aromatic rings. The molecular weight excluding hydrogens is 342 g/mol. The van der Waals surface area contributed by atoms with Gasteiger partial charge in [0.05, 0.1) is 18.2 Å². The molecule has 0 saturated carbocycles. The normalized spacial score (nSPS) is 11.0. The minimum atomic E-state index is -1.23. The lowest BCUT2D eigenvalue weighted by atomic mass is 10.1. The van der Waals surface area contributed by atoms with Crippen LogP contribution in [0.15, 0.2) is 22.3 Å². The number of nitrogens with one attached hydrogen (secondary N) is 1. The van der Waals surface area contributed by atoms with Crippen LogP contribution >= 0.6 is 15.9 Å². The first-order valence-electron chi connectivity index (χ1n) is 6.12. The number of aliphatic carboxylic acids is 1. The van der Waals surface area contributed by atoms with Crippen molar-refractivity contribution in [2.45, 2.75) is 13.8 Å². The van der Waals surface area contributed by atoms with E-state index in [9.17, 15) is 9.59 Å². The summed E-state index contributed by atoms with van der Waals surface area (Å²) in [6.07, 6.45) is 1.34. The molecule has 7 heteroatoms. The molecule has 2 N–H and O–H groups in total. The summed E-state index contributed by atoms with van der Waals surface area (Å²) in [4.78, 5) is 22.1. The van der Waals surface area contributed by atoms with E-state index in [0.29, 0.717) is 28.1 Å². The van der Waals surface area contributed by atoms with E-state index in [2.05, 4.69) is 21.2 Å². The molecule has 0 radical (unpaired) electrons. The zero-order valence-electron chi connectivity index (χ0n) is 11.9. The number of ether oxygens (including phenoxy) is 2. The first-order chi connectivity index (χ1) is 9.88. The van der Waals surface area contributed by atoms with Crippen molar-refractivity contribution in [1.29, 1.82) is 0 Å². The molecule has 0 fully saturated rings. The van der Waals surface area contributed by atoms with E-state index < -0.39 is 11.9 Å². The van der Waals surface area contributed by atoms with Crippen LogP contribution < -0.4 is 14.8 Å². The third-order valence-corrected chi connectivity index (χ3v) is 2.98. The van der Waals surface area contributed by atoms with Crippen LogP contribution in [-0.2, 0) is 9.59 Å². The van der Waals surface area contributed by atoms with Crippen LogP contribution in [0.4, 0.5) is 0 Å². The number of carbonyl (C=O) groups excluding carboxylic acids is 1. The summed E-state index contributed by atoms with van der Waals surface area (Å²) in [5, 5.41) is 11.3. The molecule has 0 bridgehead atoms. The molecule has 0 saturated heterocycles. The molecular formula is C14H16BrNO5. The van der Waals surface area contributed by atoms with Crippen LogP contribution in [0.25, 0.3) is 6.08 Å². The van der Waals surface area contributed by atoms with Crippen LogP contribution in [-0.4, -0.2) is 30.7 Å². The Hall–Kier alpha value is -2.02. The highest BCUT2D eigenvalue weighted by Gasteiger charge is 2.13. The lowest BCUT2D eigenvalue weighted by molar-refractivity contribution is -0.134. The van der Waals surface area contributed by atoms with Crippen molar-refractivity contribution in [1.82, 2.24) is 5.32 Å². The van der Waals surface area contributed by atoms with Crippen molar-refractivity contribution in [2.24, 2.45) is 0 Å². The van der Waals surface area contributed by atoms with E-state index in [1.165, 1.54) is 20.1 Å². The van der Waals surface area contributed by atoms with Crippen LogP contribution in [0.3, 0.4) is 0 Å². The van der Waals surface area contributed by atoms with Gasteiger partial charge in [0.15, 0.2) is 11.5 Å². The molecule has 21 heavy (non-hydrogen) atoms. The predicted octanol–water partition coefficient (Wildman–Crippen LogP) is 2.42.